The molecule has 0 unspecified atom stereocenters. The predicted molar refractivity (Wildman–Crippen MR) is 86.8 cm³/mol. The number of imide groups is 1. The third-order valence-electron chi connectivity index (χ3n) is 4.10. The van der Waals surface area contributed by atoms with Gasteiger partial charge in [0, 0.05) is 0 Å². The SMILES string of the molecule is Cc1ccc(N2C(=O)C[C@H](Nc3ccccc3F)C2=O)cc1C. The molecular formula is C18H17FN2O2. The first kappa shape index (κ1) is 15.2. The van der Waals surface area contributed by atoms with Gasteiger partial charge < -0.3 is 5.32 Å². The molecule has 4 nitrogen and oxygen atoms in total. The minimum absolute atomic E-state index is 0.0140. The van der Waals surface area contributed by atoms with Crippen molar-refractivity contribution in [2.45, 2.75) is 26.3 Å². The van der Waals surface area contributed by atoms with E-state index in [1.807, 2.05) is 26.0 Å². The number of carbonyl (C=O) groups excluding carboxylic acids is 2. The summed E-state index contributed by atoms with van der Waals surface area (Å²) in [6, 6.07) is 10.8. The number of para-hydroxylation sites is 1. The van der Waals surface area contributed by atoms with Crippen molar-refractivity contribution in [2.24, 2.45) is 0 Å². The third kappa shape index (κ3) is 2.82. The van der Waals surface area contributed by atoms with Crippen LogP contribution < -0.4 is 10.2 Å². The number of aryl methyl sites for hydroxylation is 2. The number of hydrogen-bond acceptors (Lipinski definition) is 3. The molecule has 2 amide bonds. The summed E-state index contributed by atoms with van der Waals surface area (Å²) >= 11 is 0. The number of nitrogens with zero attached hydrogens (tertiary/aromatic N) is 1. The number of halogens is 1. The van der Waals surface area contributed by atoms with Crippen LogP contribution >= 0.6 is 0 Å². The third-order valence-corrected chi connectivity index (χ3v) is 4.10. The zero-order chi connectivity index (χ0) is 16.6. The minimum atomic E-state index is -0.749. The molecule has 0 aromatic heterocycles. The van der Waals surface area contributed by atoms with Crippen molar-refractivity contribution in [3.8, 4) is 0 Å². The van der Waals surface area contributed by atoms with E-state index in [9.17, 15) is 14.0 Å². The highest BCUT2D eigenvalue weighted by atomic mass is 19.1. The lowest BCUT2D eigenvalue weighted by molar-refractivity contribution is -0.121. The van der Waals surface area contributed by atoms with Crippen LogP contribution in [0.15, 0.2) is 42.5 Å². The Morgan fingerprint density at radius 3 is 2.52 bits per heavy atom. The Labute approximate surface area is 133 Å². The molecule has 1 atom stereocenters. The lowest BCUT2D eigenvalue weighted by atomic mass is 10.1. The Bertz CT molecular complexity index is 788. The Morgan fingerprint density at radius 2 is 1.83 bits per heavy atom. The number of hydrogen-bond donors (Lipinski definition) is 1. The topological polar surface area (TPSA) is 49.4 Å². The van der Waals surface area contributed by atoms with Crippen LogP contribution in [0.1, 0.15) is 17.5 Å². The van der Waals surface area contributed by atoms with Crippen molar-refractivity contribution in [3.63, 3.8) is 0 Å². The van der Waals surface area contributed by atoms with E-state index in [0.29, 0.717) is 5.69 Å². The molecule has 1 aliphatic heterocycles. The van der Waals surface area contributed by atoms with E-state index < -0.39 is 11.9 Å². The van der Waals surface area contributed by atoms with Gasteiger partial charge in [-0.2, -0.15) is 0 Å². The van der Waals surface area contributed by atoms with E-state index in [1.165, 1.54) is 11.0 Å². The molecule has 118 valence electrons. The zero-order valence-corrected chi connectivity index (χ0v) is 13.0. The number of amides is 2. The van der Waals surface area contributed by atoms with Crippen LogP contribution in [0, 0.1) is 19.7 Å². The van der Waals surface area contributed by atoms with E-state index in [2.05, 4.69) is 5.32 Å². The maximum absolute atomic E-state index is 13.7. The summed E-state index contributed by atoms with van der Waals surface area (Å²) < 4.78 is 13.7. The number of benzene rings is 2. The van der Waals surface area contributed by atoms with E-state index in [4.69, 9.17) is 0 Å². The smallest absolute Gasteiger partial charge is 0.256 e. The molecule has 3 rings (SSSR count). The largest absolute Gasteiger partial charge is 0.371 e. The summed E-state index contributed by atoms with van der Waals surface area (Å²) in [6.45, 7) is 3.90. The van der Waals surface area contributed by atoms with Gasteiger partial charge in [0.2, 0.25) is 5.91 Å². The average Bonchev–Trinajstić information content (AvgIpc) is 2.79. The monoisotopic (exact) mass is 312 g/mol. The summed E-state index contributed by atoms with van der Waals surface area (Å²) in [6.07, 6.45) is 0.0140. The fraction of sp³-hybridized carbons (Fsp3) is 0.222. The van der Waals surface area contributed by atoms with Crippen LogP contribution in [0.2, 0.25) is 0 Å². The fourth-order valence-electron chi connectivity index (χ4n) is 2.65. The van der Waals surface area contributed by atoms with Gasteiger partial charge in [0.25, 0.3) is 5.91 Å². The highest BCUT2D eigenvalue weighted by Gasteiger charge is 2.39. The Hall–Kier alpha value is -2.69. The minimum Gasteiger partial charge on any atom is -0.371 e. The number of anilines is 2. The van der Waals surface area contributed by atoms with E-state index >= 15 is 0 Å². The number of rotatable bonds is 3. The van der Waals surface area contributed by atoms with Crippen molar-refractivity contribution in [2.75, 3.05) is 10.2 Å². The summed E-state index contributed by atoms with van der Waals surface area (Å²) in [7, 11) is 0. The Balaban J connectivity index is 1.85. The average molecular weight is 312 g/mol. The van der Waals surface area contributed by atoms with Gasteiger partial charge in [-0.15, -0.1) is 0 Å². The van der Waals surface area contributed by atoms with Crippen molar-refractivity contribution in [3.05, 3.63) is 59.4 Å². The second kappa shape index (κ2) is 5.83. The summed E-state index contributed by atoms with van der Waals surface area (Å²) in [4.78, 5) is 26.0. The molecule has 1 fully saturated rings. The molecule has 5 heteroatoms. The molecular weight excluding hydrogens is 295 g/mol. The van der Waals surface area contributed by atoms with Crippen molar-refractivity contribution in [1.82, 2.24) is 0 Å². The highest BCUT2D eigenvalue weighted by Crippen LogP contribution is 2.27. The van der Waals surface area contributed by atoms with Crippen molar-refractivity contribution >= 4 is 23.2 Å². The van der Waals surface area contributed by atoms with Crippen LogP contribution in [0.3, 0.4) is 0 Å². The maximum Gasteiger partial charge on any atom is 0.256 e. The van der Waals surface area contributed by atoms with Crippen LogP contribution in [-0.4, -0.2) is 17.9 Å². The molecule has 1 N–H and O–H groups in total. The molecule has 1 aliphatic rings. The first-order valence-corrected chi connectivity index (χ1v) is 7.42. The van der Waals surface area contributed by atoms with Crippen LogP contribution in [0.4, 0.5) is 15.8 Å². The standard InChI is InChI=1S/C18H17FN2O2/c1-11-7-8-13(9-12(11)2)21-17(22)10-16(18(21)23)20-15-6-4-3-5-14(15)19/h3-9,16,20H,10H2,1-2H3/t16-/m0/s1. The molecule has 23 heavy (non-hydrogen) atoms. The normalized spacial score (nSPS) is 17.7. The molecule has 1 heterocycles. The molecule has 0 spiro atoms. The van der Waals surface area contributed by atoms with Crippen LogP contribution in [0.5, 0.6) is 0 Å². The first-order chi connectivity index (χ1) is 11.0. The Morgan fingerprint density at radius 1 is 1.09 bits per heavy atom. The van der Waals surface area contributed by atoms with Gasteiger partial charge in [-0.25, -0.2) is 9.29 Å². The van der Waals surface area contributed by atoms with Gasteiger partial charge in [-0.05, 0) is 49.2 Å². The molecule has 0 saturated carbocycles. The van der Waals surface area contributed by atoms with Gasteiger partial charge in [0.1, 0.15) is 11.9 Å². The number of carbonyl (C=O) groups is 2. The molecule has 1 saturated heterocycles. The Kier molecular flexibility index (Phi) is 3.86. The van der Waals surface area contributed by atoms with E-state index in [-0.39, 0.29) is 23.9 Å². The van der Waals surface area contributed by atoms with Crippen molar-refractivity contribution < 1.29 is 14.0 Å². The van der Waals surface area contributed by atoms with Gasteiger partial charge in [-0.3, -0.25) is 9.59 Å². The molecule has 0 bridgehead atoms. The van der Waals surface area contributed by atoms with Crippen LogP contribution in [0.25, 0.3) is 0 Å². The molecule has 2 aromatic carbocycles. The van der Waals surface area contributed by atoms with Crippen LogP contribution in [-0.2, 0) is 9.59 Å². The van der Waals surface area contributed by atoms with Crippen molar-refractivity contribution in [1.29, 1.82) is 0 Å². The molecule has 2 aromatic rings. The lowest BCUT2D eigenvalue weighted by Gasteiger charge is -2.17. The van der Waals surface area contributed by atoms with Gasteiger partial charge in [-0.1, -0.05) is 18.2 Å². The summed E-state index contributed by atoms with van der Waals surface area (Å²) in [5.74, 6) is -1.09. The van der Waals surface area contributed by atoms with Gasteiger partial charge >= 0.3 is 0 Å². The fourth-order valence-corrected chi connectivity index (χ4v) is 2.65. The lowest BCUT2D eigenvalue weighted by Crippen LogP contribution is -2.35. The predicted octanol–water partition coefficient (Wildman–Crippen LogP) is 3.19. The molecule has 0 radical (unpaired) electrons. The zero-order valence-electron chi connectivity index (χ0n) is 13.0. The summed E-state index contributed by atoms with van der Waals surface area (Å²) in [5, 5.41) is 2.83. The number of nitrogens with one attached hydrogen (secondary N) is 1. The maximum atomic E-state index is 13.7. The first-order valence-electron chi connectivity index (χ1n) is 7.42. The van der Waals surface area contributed by atoms with Gasteiger partial charge in [0.15, 0.2) is 0 Å². The molecule has 0 aliphatic carbocycles. The summed E-state index contributed by atoms with van der Waals surface area (Å²) in [5.41, 5.74) is 2.88. The van der Waals surface area contributed by atoms with E-state index in [0.717, 1.165) is 11.1 Å². The second-order valence-electron chi connectivity index (χ2n) is 5.72. The quantitative estimate of drug-likeness (QED) is 0.886. The second-order valence-corrected chi connectivity index (χ2v) is 5.72. The van der Waals surface area contributed by atoms with E-state index in [1.54, 1.807) is 24.3 Å². The highest BCUT2D eigenvalue weighted by molar-refractivity contribution is 6.23. The van der Waals surface area contributed by atoms with Gasteiger partial charge in [0.05, 0.1) is 17.8 Å².